The number of anilines is 3. The van der Waals surface area contributed by atoms with Crippen molar-refractivity contribution in [2.75, 3.05) is 30.8 Å². The fourth-order valence-corrected chi connectivity index (χ4v) is 2.88. The van der Waals surface area contributed by atoms with Crippen LogP contribution < -0.4 is 15.4 Å². The summed E-state index contributed by atoms with van der Waals surface area (Å²) in [5, 5.41) is 4.99. The van der Waals surface area contributed by atoms with Crippen LogP contribution in [0.5, 0.6) is 5.75 Å². The van der Waals surface area contributed by atoms with Crippen molar-refractivity contribution in [1.82, 2.24) is 14.9 Å². The van der Waals surface area contributed by atoms with Crippen molar-refractivity contribution in [2.24, 2.45) is 0 Å². The van der Waals surface area contributed by atoms with E-state index in [0.29, 0.717) is 25.6 Å². The lowest BCUT2D eigenvalue weighted by Gasteiger charge is -2.21. The van der Waals surface area contributed by atoms with Gasteiger partial charge < -0.3 is 20.3 Å². The van der Waals surface area contributed by atoms with Crippen LogP contribution in [0.25, 0.3) is 0 Å². The van der Waals surface area contributed by atoms with Crippen LogP contribution >= 0.6 is 0 Å². The van der Waals surface area contributed by atoms with E-state index in [1.807, 2.05) is 0 Å². The van der Waals surface area contributed by atoms with E-state index in [-0.39, 0.29) is 17.8 Å². The lowest BCUT2D eigenvalue weighted by Crippen LogP contribution is -2.28. The van der Waals surface area contributed by atoms with Gasteiger partial charge in [-0.2, -0.15) is 18.2 Å². The number of nitrogens with zero attached hydrogens (tertiary/aromatic N) is 3. The average molecular weight is 449 g/mol. The number of alkyl halides is 6. The lowest BCUT2D eigenvalue weighted by molar-refractivity contribution is -0.274. The molecule has 1 aliphatic rings. The summed E-state index contributed by atoms with van der Waals surface area (Å²) in [5.41, 5.74) is -1.39. The molecule has 0 fully saturated rings. The number of carbonyl (C=O) groups is 1. The molecule has 31 heavy (non-hydrogen) atoms. The summed E-state index contributed by atoms with van der Waals surface area (Å²) in [5.74, 6) is -2.06. The molecule has 0 saturated carbocycles. The van der Waals surface area contributed by atoms with Gasteiger partial charge in [0.25, 0.3) is 5.91 Å². The summed E-state index contributed by atoms with van der Waals surface area (Å²) >= 11 is 0. The van der Waals surface area contributed by atoms with Crippen molar-refractivity contribution in [1.29, 1.82) is 0 Å². The van der Waals surface area contributed by atoms with Crippen molar-refractivity contribution in [3.8, 4) is 5.75 Å². The number of nitrogens with one attached hydrogen (secondary N) is 2. The molecule has 3 rings (SSSR count). The first-order valence-electron chi connectivity index (χ1n) is 9.04. The van der Waals surface area contributed by atoms with Crippen LogP contribution in [0.1, 0.15) is 28.8 Å². The number of amides is 1. The molecule has 13 heteroatoms. The molecule has 0 aliphatic carbocycles. The van der Waals surface area contributed by atoms with Gasteiger partial charge in [0.05, 0.1) is 5.69 Å². The molecule has 7 nitrogen and oxygen atoms in total. The highest BCUT2D eigenvalue weighted by Gasteiger charge is 2.36. The van der Waals surface area contributed by atoms with E-state index in [1.54, 1.807) is 0 Å². The Morgan fingerprint density at radius 3 is 2.55 bits per heavy atom. The van der Waals surface area contributed by atoms with Crippen LogP contribution in [0.3, 0.4) is 0 Å². The molecule has 0 saturated heterocycles. The second kappa shape index (κ2) is 8.47. The minimum Gasteiger partial charge on any atom is -0.404 e. The van der Waals surface area contributed by atoms with Gasteiger partial charge in [0.1, 0.15) is 11.4 Å². The van der Waals surface area contributed by atoms with Crippen LogP contribution in [0.4, 0.5) is 43.8 Å². The standard InChI is InChI=1S/C18H17F6N5O2/c1-29-7-3-2-6-25-14-11(17(19,20)21)9-26-16(28-14)27-12-8-10(15(29)30)4-5-13(12)31-18(22,23)24/h4-5,8-9H,2-3,6-7H2,1H3,(H2,25,26,27,28). The van der Waals surface area contributed by atoms with Crippen molar-refractivity contribution in [3.05, 3.63) is 35.5 Å². The molecular weight excluding hydrogens is 432 g/mol. The third-order valence-corrected chi connectivity index (χ3v) is 4.35. The number of halogens is 6. The molecule has 0 radical (unpaired) electrons. The van der Waals surface area contributed by atoms with E-state index in [4.69, 9.17) is 0 Å². The number of carbonyl (C=O) groups excluding carboxylic acids is 1. The Morgan fingerprint density at radius 1 is 1.13 bits per heavy atom. The molecule has 168 valence electrons. The Labute approximate surface area is 172 Å². The number of hydrogen-bond acceptors (Lipinski definition) is 6. The molecule has 1 amide bonds. The molecule has 2 aromatic rings. The first-order chi connectivity index (χ1) is 14.4. The van der Waals surface area contributed by atoms with E-state index in [9.17, 15) is 31.1 Å². The van der Waals surface area contributed by atoms with Gasteiger partial charge in [-0.3, -0.25) is 4.79 Å². The fraction of sp³-hybridized carbons (Fsp3) is 0.389. The predicted molar refractivity (Wildman–Crippen MR) is 98.1 cm³/mol. The second-order valence-electron chi connectivity index (χ2n) is 6.70. The zero-order valence-electron chi connectivity index (χ0n) is 16.1. The Kier molecular flexibility index (Phi) is 6.13. The third kappa shape index (κ3) is 5.67. The maximum Gasteiger partial charge on any atom is 0.573 e. The summed E-state index contributed by atoms with van der Waals surface area (Å²) in [7, 11) is 1.52. The van der Waals surface area contributed by atoms with Gasteiger partial charge in [0.2, 0.25) is 5.95 Å². The molecule has 0 spiro atoms. The van der Waals surface area contributed by atoms with Crippen molar-refractivity contribution in [2.45, 2.75) is 25.4 Å². The smallest absolute Gasteiger partial charge is 0.404 e. The fourth-order valence-electron chi connectivity index (χ4n) is 2.88. The molecule has 4 bridgehead atoms. The van der Waals surface area contributed by atoms with Crippen LogP contribution in [-0.2, 0) is 6.18 Å². The van der Waals surface area contributed by atoms with Crippen molar-refractivity contribution in [3.63, 3.8) is 0 Å². The minimum absolute atomic E-state index is 0.0573. The monoisotopic (exact) mass is 449 g/mol. The summed E-state index contributed by atoms with van der Waals surface area (Å²) in [4.78, 5) is 21.3. The number of fused-ring (bicyclic) bond motifs is 4. The number of rotatable bonds is 1. The Morgan fingerprint density at radius 2 is 1.87 bits per heavy atom. The van der Waals surface area contributed by atoms with Crippen molar-refractivity contribution >= 4 is 23.4 Å². The van der Waals surface area contributed by atoms with E-state index in [2.05, 4.69) is 25.3 Å². The van der Waals surface area contributed by atoms with E-state index in [1.165, 1.54) is 11.9 Å². The highest BCUT2D eigenvalue weighted by molar-refractivity contribution is 5.95. The topological polar surface area (TPSA) is 79.4 Å². The molecule has 1 aliphatic heterocycles. The van der Waals surface area contributed by atoms with Gasteiger partial charge in [-0.1, -0.05) is 0 Å². The maximum atomic E-state index is 13.3. The number of benzene rings is 1. The van der Waals surface area contributed by atoms with Gasteiger partial charge >= 0.3 is 12.5 Å². The predicted octanol–water partition coefficient (Wildman–Crippen LogP) is 4.42. The van der Waals surface area contributed by atoms with Crippen LogP contribution in [0.15, 0.2) is 24.4 Å². The molecule has 2 N–H and O–H groups in total. The van der Waals surface area contributed by atoms with Gasteiger partial charge in [-0.05, 0) is 31.0 Å². The van der Waals surface area contributed by atoms with Crippen LogP contribution in [0, 0.1) is 0 Å². The zero-order valence-corrected chi connectivity index (χ0v) is 16.1. The molecule has 1 aromatic carbocycles. The quantitative estimate of drug-likeness (QED) is 0.628. The van der Waals surface area contributed by atoms with Gasteiger partial charge in [0.15, 0.2) is 5.75 Å². The van der Waals surface area contributed by atoms with Crippen LogP contribution in [-0.4, -0.2) is 47.3 Å². The highest BCUT2D eigenvalue weighted by atomic mass is 19.4. The maximum absolute atomic E-state index is 13.3. The van der Waals surface area contributed by atoms with Crippen LogP contribution in [0.2, 0.25) is 0 Å². The molecule has 1 aromatic heterocycles. The first kappa shape index (κ1) is 22.4. The van der Waals surface area contributed by atoms with Gasteiger partial charge in [0, 0.05) is 31.9 Å². The largest absolute Gasteiger partial charge is 0.573 e. The van der Waals surface area contributed by atoms with Gasteiger partial charge in [-0.15, -0.1) is 13.2 Å². The van der Waals surface area contributed by atoms with E-state index >= 15 is 0 Å². The molecule has 0 unspecified atom stereocenters. The van der Waals surface area contributed by atoms with Crippen molar-refractivity contribution < 1.29 is 35.9 Å². The Hall–Kier alpha value is -3.25. The Balaban J connectivity index is 2.08. The number of ether oxygens (including phenoxy) is 1. The van der Waals surface area contributed by atoms with Gasteiger partial charge in [-0.25, -0.2) is 4.98 Å². The number of hydrogen-bond donors (Lipinski definition) is 2. The lowest BCUT2D eigenvalue weighted by atomic mass is 10.1. The third-order valence-electron chi connectivity index (χ3n) is 4.35. The minimum atomic E-state index is -5.03. The average Bonchev–Trinajstić information content (AvgIpc) is 2.66. The summed E-state index contributed by atoms with van der Waals surface area (Å²) in [6.45, 7) is 0.431. The SMILES string of the molecule is CN1CCCCNc2nc(ncc2C(F)(F)F)Nc2cc(ccc2OC(F)(F)F)C1=O. The first-order valence-corrected chi connectivity index (χ1v) is 9.04. The second-order valence-corrected chi connectivity index (χ2v) is 6.70. The summed E-state index contributed by atoms with van der Waals surface area (Å²) in [6, 6.07) is 3.20. The molecule has 2 heterocycles. The normalized spacial score (nSPS) is 15.6. The number of aromatic nitrogens is 2. The Bertz CT molecular complexity index is 963. The zero-order chi connectivity index (χ0) is 22.8. The van der Waals surface area contributed by atoms with E-state index < -0.39 is 41.5 Å². The molecular formula is C18H17F6N5O2. The summed E-state index contributed by atoms with van der Waals surface area (Å²) in [6.07, 6.45) is -8.31. The van der Waals surface area contributed by atoms with E-state index in [0.717, 1.165) is 18.2 Å². The molecule has 0 atom stereocenters. The highest BCUT2D eigenvalue weighted by Crippen LogP contribution is 2.36. The summed E-state index contributed by atoms with van der Waals surface area (Å²) < 4.78 is 82.0.